The van der Waals surface area contributed by atoms with Gasteiger partial charge in [-0.05, 0) is 29.0 Å². The average molecular weight is 290 g/mol. The molecule has 17 heavy (non-hydrogen) atoms. The maximum Gasteiger partial charge on any atom is 1.00 e. The summed E-state index contributed by atoms with van der Waals surface area (Å²) in [5.74, 6) is 1.58. The van der Waals surface area contributed by atoms with Crippen molar-refractivity contribution in [1.82, 2.24) is 0 Å². The fourth-order valence-electron chi connectivity index (χ4n) is 1.07. The predicted octanol–water partition coefficient (Wildman–Crippen LogP) is -0.294. The molecule has 0 aliphatic carbocycles. The molecular formula is C11H11KN2OS2. The maximum absolute atomic E-state index is 8.30. The van der Waals surface area contributed by atoms with Crippen molar-refractivity contribution in [1.29, 1.82) is 5.26 Å². The zero-order chi connectivity index (χ0) is 11.8. The van der Waals surface area contributed by atoms with E-state index in [-0.39, 0.29) is 51.4 Å². The van der Waals surface area contributed by atoms with Crippen LogP contribution in [0.3, 0.4) is 0 Å². The van der Waals surface area contributed by atoms with Crippen LogP contribution in [0.25, 0.3) is 0 Å². The Morgan fingerprint density at radius 3 is 2.65 bits per heavy atom. The van der Waals surface area contributed by atoms with Crippen molar-refractivity contribution in [3.63, 3.8) is 0 Å². The van der Waals surface area contributed by atoms with Gasteiger partial charge in [-0.1, -0.05) is 12.1 Å². The molecule has 0 aromatic heterocycles. The third-order valence-corrected chi connectivity index (χ3v) is 3.00. The van der Waals surface area contributed by atoms with E-state index in [1.165, 1.54) is 11.8 Å². The molecule has 0 heterocycles. The number of rotatable bonds is 4. The predicted molar refractivity (Wildman–Crippen MR) is 69.3 cm³/mol. The van der Waals surface area contributed by atoms with Gasteiger partial charge in [0.2, 0.25) is 6.19 Å². The van der Waals surface area contributed by atoms with Gasteiger partial charge in [0.05, 0.1) is 6.61 Å². The Morgan fingerprint density at radius 2 is 2.12 bits per heavy atom. The molecule has 0 saturated carbocycles. The minimum atomic E-state index is 0. The van der Waals surface area contributed by atoms with Gasteiger partial charge in [-0.15, -0.1) is 11.8 Å². The first-order valence-electron chi connectivity index (χ1n) is 4.74. The molecule has 0 amide bonds. The van der Waals surface area contributed by atoms with Crippen molar-refractivity contribution in [2.75, 3.05) is 6.61 Å². The summed E-state index contributed by atoms with van der Waals surface area (Å²) in [6.45, 7) is 2.62. The van der Waals surface area contributed by atoms with Gasteiger partial charge in [0.25, 0.3) is 0 Å². The van der Waals surface area contributed by atoms with Gasteiger partial charge in [-0.2, -0.15) is 10.3 Å². The fraction of sp³-hybridized carbons (Fsp3) is 0.273. The molecule has 0 fully saturated rings. The van der Waals surface area contributed by atoms with Crippen molar-refractivity contribution >= 4 is 28.8 Å². The second-order valence-corrected chi connectivity index (χ2v) is 4.45. The molecule has 0 spiro atoms. The van der Waals surface area contributed by atoms with Gasteiger partial charge < -0.3 is 17.4 Å². The first-order chi connectivity index (χ1) is 7.76. The molecule has 0 N–H and O–H groups in total. The normalized spacial score (nSPS) is 10.2. The molecule has 1 aromatic carbocycles. The van der Waals surface area contributed by atoms with Crippen LogP contribution >= 0.6 is 11.8 Å². The summed E-state index contributed by atoms with van der Waals surface area (Å²) in [5.41, 5.74) is 1.13. The van der Waals surface area contributed by atoms with Crippen molar-refractivity contribution < 1.29 is 56.1 Å². The second kappa shape index (κ2) is 10.3. The quantitative estimate of drug-likeness (QED) is 0.251. The van der Waals surface area contributed by atoms with E-state index in [1.807, 2.05) is 31.2 Å². The Bertz CT molecular complexity index is 401. The first kappa shape index (κ1) is 17.4. The van der Waals surface area contributed by atoms with Gasteiger partial charge in [-0.3, -0.25) is 0 Å². The molecule has 1 rings (SSSR count). The van der Waals surface area contributed by atoms with Crippen LogP contribution in [-0.2, 0) is 18.4 Å². The topological polar surface area (TPSA) is 45.4 Å². The van der Waals surface area contributed by atoms with Crippen LogP contribution in [0.5, 0.6) is 5.75 Å². The fourth-order valence-corrected chi connectivity index (χ4v) is 1.87. The molecule has 0 saturated heterocycles. The van der Waals surface area contributed by atoms with Gasteiger partial charge in [-0.25, -0.2) is 0 Å². The molecule has 84 valence electrons. The zero-order valence-corrected chi connectivity index (χ0v) is 14.6. The van der Waals surface area contributed by atoms with Crippen LogP contribution in [0.4, 0.5) is 0 Å². The Hall–Kier alpha value is 0.386. The van der Waals surface area contributed by atoms with E-state index >= 15 is 0 Å². The molecule has 0 radical (unpaired) electrons. The van der Waals surface area contributed by atoms with E-state index in [9.17, 15) is 0 Å². The number of aliphatic imine (C=N–C) groups is 1. The molecule has 0 atom stereocenters. The SMILES string of the molecule is CCOc1ccc(CSC([S-])=NC#N)cc1.[K+]. The molecular weight excluding hydrogens is 279 g/mol. The number of nitrogens with zero attached hydrogens (tertiary/aromatic N) is 2. The molecule has 0 bridgehead atoms. The minimum Gasteiger partial charge on any atom is -0.752 e. The molecule has 0 aliphatic heterocycles. The summed E-state index contributed by atoms with van der Waals surface area (Å²) in [6.07, 6.45) is 1.67. The number of hydrogen-bond acceptors (Lipinski definition) is 5. The van der Waals surface area contributed by atoms with Gasteiger partial charge in [0.15, 0.2) is 0 Å². The number of ether oxygens (including phenoxy) is 1. The van der Waals surface area contributed by atoms with Crippen molar-refractivity contribution in [3.8, 4) is 11.9 Å². The van der Waals surface area contributed by atoms with Gasteiger partial charge in [0.1, 0.15) is 5.75 Å². The van der Waals surface area contributed by atoms with Crippen LogP contribution in [0, 0.1) is 11.5 Å². The standard InChI is InChI=1S/C11H12N2OS2.K/c1-2-14-10-5-3-9(4-6-10)7-16-11(15)13-8-12;/h3-6H,2,7H2,1H3,(H,13,15);/q;+1/p-1. The van der Waals surface area contributed by atoms with Crippen LogP contribution in [-0.4, -0.2) is 11.0 Å². The van der Waals surface area contributed by atoms with Crippen molar-refractivity contribution in [2.24, 2.45) is 4.99 Å². The number of hydrogen-bond donors (Lipinski definition) is 0. The Balaban J connectivity index is 0.00000256. The summed E-state index contributed by atoms with van der Waals surface area (Å²) >= 11 is 6.24. The molecule has 0 unspecified atom stereocenters. The van der Waals surface area contributed by atoms with E-state index in [0.29, 0.717) is 11.0 Å². The van der Waals surface area contributed by atoms with E-state index in [1.54, 1.807) is 6.19 Å². The smallest absolute Gasteiger partial charge is 0.752 e. The van der Waals surface area contributed by atoms with E-state index < -0.39 is 0 Å². The van der Waals surface area contributed by atoms with E-state index in [0.717, 1.165) is 17.1 Å². The van der Waals surface area contributed by atoms with Crippen LogP contribution in [0.1, 0.15) is 12.5 Å². The number of thioether (sulfide) groups is 1. The zero-order valence-electron chi connectivity index (χ0n) is 9.84. The molecule has 0 aliphatic rings. The van der Waals surface area contributed by atoms with Crippen molar-refractivity contribution in [3.05, 3.63) is 29.8 Å². The monoisotopic (exact) mass is 290 g/mol. The Morgan fingerprint density at radius 1 is 1.47 bits per heavy atom. The van der Waals surface area contributed by atoms with Gasteiger partial charge >= 0.3 is 51.4 Å². The number of nitriles is 1. The third-order valence-electron chi connectivity index (χ3n) is 1.74. The summed E-state index contributed by atoms with van der Waals surface area (Å²) in [4.78, 5) is 3.46. The van der Waals surface area contributed by atoms with Crippen molar-refractivity contribution in [2.45, 2.75) is 12.7 Å². The average Bonchev–Trinajstić information content (AvgIpc) is 2.29. The van der Waals surface area contributed by atoms with Crippen LogP contribution < -0.4 is 56.1 Å². The Labute approximate surface area is 154 Å². The largest absolute Gasteiger partial charge is 1.00 e. The third kappa shape index (κ3) is 7.41. The molecule has 6 heteroatoms. The van der Waals surface area contributed by atoms with Crippen LogP contribution in [0.2, 0.25) is 0 Å². The Kier molecular flexibility index (Phi) is 10.6. The first-order valence-corrected chi connectivity index (χ1v) is 6.14. The van der Waals surface area contributed by atoms with Crippen LogP contribution in [0.15, 0.2) is 29.3 Å². The maximum atomic E-state index is 8.30. The van der Waals surface area contributed by atoms with E-state index in [2.05, 4.69) is 4.99 Å². The minimum absolute atomic E-state index is 0. The molecule has 1 aromatic rings. The summed E-state index contributed by atoms with van der Waals surface area (Å²) in [6, 6.07) is 7.80. The summed E-state index contributed by atoms with van der Waals surface area (Å²) in [5, 5.41) is 8.30. The van der Waals surface area contributed by atoms with E-state index in [4.69, 9.17) is 22.6 Å². The second-order valence-electron chi connectivity index (χ2n) is 2.84. The summed E-state index contributed by atoms with van der Waals surface area (Å²) < 4.78 is 5.70. The van der Waals surface area contributed by atoms with Gasteiger partial charge in [0, 0.05) is 5.75 Å². The number of benzene rings is 1. The summed E-state index contributed by atoms with van der Waals surface area (Å²) in [7, 11) is 0. The molecule has 3 nitrogen and oxygen atoms in total.